The summed E-state index contributed by atoms with van der Waals surface area (Å²) in [6.07, 6.45) is 2.40. The Morgan fingerprint density at radius 2 is 2.15 bits per heavy atom. The Bertz CT molecular complexity index is 323. The molecule has 3 N–H and O–H groups in total. The zero-order valence-electron chi connectivity index (χ0n) is 7.20. The fraction of sp³-hybridized carbons (Fsp3) is 0.400. The fourth-order valence-electron chi connectivity index (χ4n) is 1.50. The number of hydrogen-bond acceptors (Lipinski definition) is 2. The van der Waals surface area contributed by atoms with Crippen LogP contribution in [0.15, 0.2) is 18.2 Å². The molecule has 13 heavy (non-hydrogen) atoms. The summed E-state index contributed by atoms with van der Waals surface area (Å²) in [6.45, 7) is 0. The van der Waals surface area contributed by atoms with Gasteiger partial charge in [0.25, 0.3) is 0 Å². The van der Waals surface area contributed by atoms with Gasteiger partial charge in [-0.15, -0.1) is 0 Å². The van der Waals surface area contributed by atoms with Crippen molar-refractivity contribution in [2.75, 3.05) is 0 Å². The van der Waals surface area contributed by atoms with Crippen molar-refractivity contribution in [3.8, 4) is 5.75 Å². The average molecular weight is 289 g/mol. The van der Waals surface area contributed by atoms with Crippen molar-refractivity contribution >= 4 is 22.6 Å². The van der Waals surface area contributed by atoms with Crippen molar-refractivity contribution in [2.45, 2.75) is 18.9 Å². The van der Waals surface area contributed by atoms with Crippen LogP contribution in [0.4, 0.5) is 0 Å². The molecule has 1 aromatic rings. The Hall–Kier alpha value is -0.290. The molecule has 70 valence electrons. The summed E-state index contributed by atoms with van der Waals surface area (Å²) in [5.74, 6) is 0.920. The lowest BCUT2D eigenvalue weighted by Crippen LogP contribution is -2.12. The first kappa shape index (κ1) is 9.27. The molecule has 0 heterocycles. The monoisotopic (exact) mass is 289 g/mol. The molecule has 2 nitrogen and oxygen atoms in total. The highest BCUT2D eigenvalue weighted by atomic mass is 127. The van der Waals surface area contributed by atoms with E-state index in [1.165, 1.54) is 12.8 Å². The minimum atomic E-state index is 0.0229. The second kappa shape index (κ2) is 3.46. The Morgan fingerprint density at radius 3 is 2.77 bits per heavy atom. The summed E-state index contributed by atoms with van der Waals surface area (Å²) in [5, 5.41) is 9.60. The molecule has 0 radical (unpaired) electrons. The molecule has 0 bridgehead atoms. The molecular weight excluding hydrogens is 277 g/mol. The van der Waals surface area contributed by atoms with Gasteiger partial charge < -0.3 is 10.8 Å². The molecule has 1 fully saturated rings. The highest BCUT2D eigenvalue weighted by Gasteiger charge is 2.30. The number of phenols is 1. The SMILES string of the molecule is NC(c1cc(I)ccc1O)C1CC1. The van der Waals surface area contributed by atoms with Gasteiger partial charge >= 0.3 is 0 Å². The zero-order valence-corrected chi connectivity index (χ0v) is 9.36. The number of phenolic OH excluding ortho intramolecular Hbond substituents is 1. The van der Waals surface area contributed by atoms with Crippen LogP contribution < -0.4 is 5.73 Å². The largest absolute Gasteiger partial charge is 0.508 e. The molecule has 0 saturated heterocycles. The summed E-state index contributed by atoms with van der Waals surface area (Å²) < 4.78 is 1.13. The van der Waals surface area contributed by atoms with Gasteiger partial charge in [0.2, 0.25) is 0 Å². The molecule has 1 unspecified atom stereocenters. The Morgan fingerprint density at radius 1 is 1.46 bits per heavy atom. The minimum Gasteiger partial charge on any atom is -0.508 e. The molecule has 0 spiro atoms. The minimum absolute atomic E-state index is 0.0229. The van der Waals surface area contributed by atoms with Crippen LogP contribution in [0, 0.1) is 9.49 Å². The Labute approximate surface area is 91.3 Å². The van der Waals surface area contributed by atoms with Crippen molar-refractivity contribution in [2.24, 2.45) is 11.7 Å². The zero-order chi connectivity index (χ0) is 9.42. The molecule has 1 aromatic carbocycles. The van der Waals surface area contributed by atoms with Gasteiger partial charge in [0.05, 0.1) is 0 Å². The molecule has 3 heteroatoms. The van der Waals surface area contributed by atoms with Gasteiger partial charge in [0.1, 0.15) is 5.75 Å². The van der Waals surface area contributed by atoms with E-state index in [1.54, 1.807) is 6.07 Å². The standard InChI is InChI=1S/C10H12INO/c11-7-3-4-9(13)8(5-7)10(12)6-1-2-6/h3-6,10,13H,1-2,12H2. The summed E-state index contributed by atoms with van der Waals surface area (Å²) in [4.78, 5) is 0. The van der Waals surface area contributed by atoms with E-state index in [0.29, 0.717) is 11.7 Å². The molecule has 1 saturated carbocycles. The Balaban J connectivity index is 2.31. The predicted octanol–water partition coefficient (Wildman–Crippen LogP) is 2.41. The maximum Gasteiger partial charge on any atom is 0.120 e. The Kier molecular flexibility index (Phi) is 2.47. The normalized spacial score (nSPS) is 18.6. The first-order valence-corrected chi connectivity index (χ1v) is 5.50. The summed E-state index contributed by atoms with van der Waals surface area (Å²) in [5.41, 5.74) is 6.90. The van der Waals surface area contributed by atoms with Gasteiger partial charge in [0.15, 0.2) is 0 Å². The van der Waals surface area contributed by atoms with Crippen LogP contribution in [0.3, 0.4) is 0 Å². The van der Waals surface area contributed by atoms with E-state index in [4.69, 9.17) is 5.73 Å². The van der Waals surface area contributed by atoms with Crippen molar-refractivity contribution in [1.82, 2.24) is 0 Å². The van der Waals surface area contributed by atoms with Gasteiger partial charge in [-0.1, -0.05) is 0 Å². The maximum atomic E-state index is 9.60. The first-order valence-electron chi connectivity index (χ1n) is 4.42. The molecule has 1 aliphatic carbocycles. The molecule has 0 aromatic heterocycles. The number of nitrogens with two attached hydrogens (primary N) is 1. The lowest BCUT2D eigenvalue weighted by atomic mass is 10.0. The lowest BCUT2D eigenvalue weighted by Gasteiger charge is -2.12. The number of halogens is 1. The van der Waals surface area contributed by atoms with Crippen LogP contribution in [0.1, 0.15) is 24.4 Å². The van der Waals surface area contributed by atoms with Crippen molar-refractivity contribution in [1.29, 1.82) is 0 Å². The van der Waals surface area contributed by atoms with Crippen molar-refractivity contribution in [3.63, 3.8) is 0 Å². The molecule has 2 rings (SSSR count). The van der Waals surface area contributed by atoms with E-state index in [-0.39, 0.29) is 6.04 Å². The molecule has 0 aliphatic heterocycles. The molecule has 1 atom stereocenters. The number of rotatable bonds is 2. The van der Waals surface area contributed by atoms with Crippen molar-refractivity contribution in [3.05, 3.63) is 27.3 Å². The van der Waals surface area contributed by atoms with Gasteiger partial charge in [-0.05, 0) is 59.5 Å². The van der Waals surface area contributed by atoms with E-state index >= 15 is 0 Å². The fourth-order valence-corrected chi connectivity index (χ4v) is 2.02. The van der Waals surface area contributed by atoms with E-state index in [9.17, 15) is 5.11 Å². The predicted molar refractivity (Wildman–Crippen MR) is 60.5 cm³/mol. The maximum absolute atomic E-state index is 9.60. The summed E-state index contributed by atoms with van der Waals surface area (Å²) in [7, 11) is 0. The molecule has 0 amide bonds. The number of benzene rings is 1. The van der Waals surface area contributed by atoms with E-state index in [2.05, 4.69) is 22.6 Å². The van der Waals surface area contributed by atoms with E-state index < -0.39 is 0 Å². The summed E-state index contributed by atoms with van der Waals surface area (Å²) in [6, 6.07) is 5.60. The van der Waals surface area contributed by atoms with Crippen LogP contribution in [-0.2, 0) is 0 Å². The third-order valence-corrected chi connectivity index (χ3v) is 3.15. The van der Waals surface area contributed by atoms with Gasteiger partial charge in [-0.25, -0.2) is 0 Å². The lowest BCUT2D eigenvalue weighted by molar-refractivity contribution is 0.456. The van der Waals surface area contributed by atoms with E-state index in [1.807, 2.05) is 12.1 Å². The first-order chi connectivity index (χ1) is 6.18. The molecule has 1 aliphatic rings. The second-order valence-corrected chi connectivity index (χ2v) is 4.81. The number of aromatic hydroxyl groups is 1. The third kappa shape index (κ3) is 1.96. The molecular formula is C10H12INO. The smallest absolute Gasteiger partial charge is 0.120 e. The highest BCUT2D eigenvalue weighted by molar-refractivity contribution is 14.1. The summed E-state index contributed by atoms with van der Waals surface area (Å²) >= 11 is 2.23. The van der Waals surface area contributed by atoms with Crippen LogP contribution >= 0.6 is 22.6 Å². The highest BCUT2D eigenvalue weighted by Crippen LogP contribution is 2.42. The quantitative estimate of drug-likeness (QED) is 0.821. The van der Waals surface area contributed by atoms with Gasteiger partial charge in [-0.2, -0.15) is 0 Å². The van der Waals surface area contributed by atoms with Gasteiger partial charge in [0, 0.05) is 15.2 Å². The second-order valence-electron chi connectivity index (χ2n) is 3.57. The third-order valence-electron chi connectivity index (χ3n) is 2.48. The number of hydrogen-bond donors (Lipinski definition) is 2. The average Bonchev–Trinajstić information content (AvgIpc) is 2.91. The van der Waals surface area contributed by atoms with Crippen LogP contribution in [0.2, 0.25) is 0 Å². The topological polar surface area (TPSA) is 46.2 Å². The van der Waals surface area contributed by atoms with Crippen molar-refractivity contribution < 1.29 is 5.11 Å². The van der Waals surface area contributed by atoms with E-state index in [0.717, 1.165) is 9.13 Å². The van der Waals surface area contributed by atoms with Crippen LogP contribution in [0.25, 0.3) is 0 Å². The van der Waals surface area contributed by atoms with Crippen LogP contribution in [-0.4, -0.2) is 5.11 Å². The van der Waals surface area contributed by atoms with Gasteiger partial charge in [-0.3, -0.25) is 0 Å². The van der Waals surface area contributed by atoms with Crippen LogP contribution in [0.5, 0.6) is 5.75 Å².